The summed E-state index contributed by atoms with van der Waals surface area (Å²) in [4.78, 5) is 0. The van der Waals surface area contributed by atoms with E-state index in [2.05, 4.69) is 88.0 Å². The van der Waals surface area contributed by atoms with Crippen LogP contribution in [-0.2, 0) is 11.8 Å². The molecule has 1 aromatic heterocycles. The van der Waals surface area contributed by atoms with E-state index in [1.807, 2.05) is 0 Å². The van der Waals surface area contributed by atoms with E-state index in [4.69, 9.17) is 5.73 Å². The first kappa shape index (κ1) is 22.4. The first-order chi connectivity index (χ1) is 11.8. The Labute approximate surface area is 170 Å². The predicted molar refractivity (Wildman–Crippen MR) is 125 cm³/mol. The number of hydrogen-bond donors (Lipinski definition) is 1. The summed E-state index contributed by atoms with van der Waals surface area (Å²) >= 11 is 5.24. The van der Waals surface area contributed by atoms with Gasteiger partial charge in [0.1, 0.15) is 0 Å². The van der Waals surface area contributed by atoms with Crippen molar-refractivity contribution in [1.82, 2.24) is 0 Å². The molecule has 4 rings (SSSR count). The van der Waals surface area contributed by atoms with Crippen LogP contribution in [-0.4, -0.2) is 6.54 Å². The molecule has 3 aromatic carbocycles. The van der Waals surface area contributed by atoms with Gasteiger partial charge in [0, 0.05) is 10.0 Å². The van der Waals surface area contributed by atoms with Crippen LogP contribution in [0.1, 0.15) is 26.0 Å². The van der Waals surface area contributed by atoms with Gasteiger partial charge in [-0.05, 0) is 51.7 Å². The molecule has 0 amide bonds. The lowest BCUT2D eigenvalue weighted by molar-refractivity contribution is 0.981. The maximum Gasteiger partial charge on any atom is 0.0345 e. The van der Waals surface area contributed by atoms with Crippen LogP contribution in [0.25, 0.3) is 20.9 Å². The fourth-order valence-electron chi connectivity index (χ4n) is 2.70. The molecule has 0 atom stereocenters. The molecule has 0 saturated carbocycles. The molecule has 0 aliphatic carbocycles. The lowest BCUT2D eigenvalue weighted by Crippen LogP contribution is -2.01. The summed E-state index contributed by atoms with van der Waals surface area (Å²) in [7, 11) is 0. The first-order valence-corrected chi connectivity index (χ1v) is 10.0. The summed E-state index contributed by atoms with van der Waals surface area (Å²) in [6.07, 6.45) is 0.990. The van der Waals surface area contributed by atoms with E-state index in [0.29, 0.717) is 0 Å². The zero-order valence-electron chi connectivity index (χ0n) is 13.4. The van der Waals surface area contributed by atoms with Crippen molar-refractivity contribution in [3.05, 3.63) is 83.2 Å². The van der Waals surface area contributed by atoms with Crippen molar-refractivity contribution >= 4 is 48.1 Å². The van der Waals surface area contributed by atoms with Gasteiger partial charge in [-0.2, -0.15) is 0 Å². The van der Waals surface area contributed by atoms with E-state index >= 15 is 0 Å². The van der Waals surface area contributed by atoms with E-state index in [-0.39, 0.29) is 14.9 Å². The highest BCUT2D eigenvalue weighted by atomic mass is 79.9. The number of rotatable bonds is 3. The second-order valence-corrected chi connectivity index (χ2v) is 7.08. The molecular formula is C23H28BrNS. The Morgan fingerprint density at radius 1 is 0.846 bits per heavy atom. The van der Waals surface area contributed by atoms with Crippen LogP contribution in [0.4, 0.5) is 0 Å². The number of fused-ring (bicyclic) bond motifs is 2. The number of thiophene rings is 1. The Morgan fingerprint density at radius 2 is 1.54 bits per heavy atom. The van der Waals surface area contributed by atoms with Gasteiger partial charge in [0.25, 0.3) is 0 Å². The molecule has 4 aromatic rings. The molecule has 1 nitrogen and oxygen atoms in total. The van der Waals surface area contributed by atoms with E-state index in [1.54, 1.807) is 11.3 Å². The van der Waals surface area contributed by atoms with Crippen molar-refractivity contribution in [2.24, 2.45) is 5.73 Å². The van der Waals surface area contributed by atoms with Crippen LogP contribution in [0.15, 0.2) is 72.1 Å². The van der Waals surface area contributed by atoms with Crippen LogP contribution in [0, 0.1) is 0 Å². The summed E-state index contributed by atoms with van der Waals surface area (Å²) in [6.45, 7) is 0.737. The second-order valence-electron chi connectivity index (χ2n) is 5.61. The molecule has 0 saturated heterocycles. The van der Waals surface area contributed by atoms with Crippen molar-refractivity contribution in [2.45, 2.75) is 26.6 Å². The van der Waals surface area contributed by atoms with Crippen LogP contribution in [0.2, 0.25) is 0 Å². The molecule has 0 aliphatic rings. The Balaban J connectivity index is 0.000000241. The summed E-state index contributed by atoms with van der Waals surface area (Å²) in [5, 5.41) is 7.12. The summed E-state index contributed by atoms with van der Waals surface area (Å²) in [5.41, 5.74) is 8.23. The van der Waals surface area contributed by atoms with Gasteiger partial charge in [-0.15, -0.1) is 11.3 Å². The molecule has 0 unspecified atom stereocenters. The Bertz CT molecular complexity index is 929. The largest absolute Gasteiger partial charge is 0.330 e. The molecule has 0 fully saturated rings. The zero-order valence-corrected chi connectivity index (χ0v) is 15.8. The fraction of sp³-hybridized carbons (Fsp3) is 0.217. The van der Waals surface area contributed by atoms with Crippen molar-refractivity contribution in [3.63, 3.8) is 0 Å². The maximum atomic E-state index is 5.52. The fourth-order valence-corrected chi connectivity index (χ4v) is 4.05. The predicted octanol–water partition coefficient (Wildman–Crippen LogP) is 7.41. The van der Waals surface area contributed by atoms with Crippen molar-refractivity contribution < 1.29 is 0 Å². The lowest BCUT2D eigenvalue weighted by Gasteiger charge is -1.98. The normalized spacial score (nSPS) is 9.77. The summed E-state index contributed by atoms with van der Waals surface area (Å²) in [6, 6.07) is 23.4. The van der Waals surface area contributed by atoms with Gasteiger partial charge in [-0.25, -0.2) is 0 Å². The number of hydrogen-bond acceptors (Lipinski definition) is 2. The van der Waals surface area contributed by atoms with Crippen molar-refractivity contribution in [2.75, 3.05) is 6.54 Å². The van der Waals surface area contributed by atoms with Crippen LogP contribution >= 0.6 is 27.3 Å². The van der Waals surface area contributed by atoms with Gasteiger partial charge in [0.15, 0.2) is 0 Å². The molecule has 138 valence electrons. The minimum atomic E-state index is 0. The first-order valence-electron chi connectivity index (χ1n) is 8.00. The van der Waals surface area contributed by atoms with Crippen molar-refractivity contribution in [3.8, 4) is 0 Å². The number of alkyl halides is 1. The van der Waals surface area contributed by atoms with Crippen LogP contribution in [0.3, 0.4) is 0 Å². The Hall–Kier alpha value is -1.68. The van der Waals surface area contributed by atoms with Gasteiger partial charge in [0.2, 0.25) is 0 Å². The summed E-state index contributed by atoms with van der Waals surface area (Å²) < 4.78 is 1.36. The van der Waals surface area contributed by atoms with Crippen molar-refractivity contribution in [1.29, 1.82) is 0 Å². The molecule has 0 radical (unpaired) electrons. The highest BCUT2D eigenvalue weighted by molar-refractivity contribution is 9.08. The number of nitrogens with two attached hydrogens (primary N) is 1. The lowest BCUT2D eigenvalue weighted by atomic mass is 10.1. The zero-order chi connectivity index (χ0) is 16.8. The molecule has 0 aliphatic heterocycles. The molecular weight excluding hydrogens is 402 g/mol. The number of halogens is 1. The molecule has 3 heteroatoms. The standard InChI is InChI=1S/C11H9Br.C10H11NS.2CH4/c12-8-9-5-6-10-3-1-2-4-11(10)7-9;11-6-5-8-7-12-10-4-2-1-3-9(8)10;;/h1-7H,8H2;1-4,7H,5-6,11H2;2*1H4. The molecule has 0 spiro atoms. The molecule has 0 bridgehead atoms. The van der Waals surface area contributed by atoms with Gasteiger partial charge in [-0.1, -0.05) is 91.4 Å². The molecule has 26 heavy (non-hydrogen) atoms. The molecule has 1 heterocycles. The van der Waals surface area contributed by atoms with E-state index in [0.717, 1.165) is 18.3 Å². The third-order valence-corrected chi connectivity index (χ3v) is 5.60. The van der Waals surface area contributed by atoms with Crippen LogP contribution in [0.5, 0.6) is 0 Å². The quantitative estimate of drug-likeness (QED) is 0.337. The van der Waals surface area contributed by atoms with Gasteiger partial charge in [-0.3, -0.25) is 0 Å². The maximum absolute atomic E-state index is 5.52. The van der Waals surface area contributed by atoms with E-state index < -0.39 is 0 Å². The SMILES string of the molecule is BrCc1ccc2ccccc2c1.C.C.NCCc1csc2ccccc12. The highest BCUT2D eigenvalue weighted by Crippen LogP contribution is 2.25. The topological polar surface area (TPSA) is 26.0 Å². The molecule has 2 N–H and O–H groups in total. The minimum Gasteiger partial charge on any atom is -0.330 e. The Morgan fingerprint density at radius 3 is 2.27 bits per heavy atom. The monoisotopic (exact) mass is 429 g/mol. The average Bonchev–Trinajstić information content (AvgIpc) is 3.05. The smallest absolute Gasteiger partial charge is 0.0345 e. The Kier molecular flexibility index (Phi) is 9.57. The average molecular weight is 430 g/mol. The van der Waals surface area contributed by atoms with E-state index in [9.17, 15) is 0 Å². The van der Waals surface area contributed by atoms with Crippen LogP contribution < -0.4 is 5.73 Å². The second kappa shape index (κ2) is 11.1. The highest BCUT2D eigenvalue weighted by Gasteiger charge is 2.00. The summed E-state index contributed by atoms with van der Waals surface area (Å²) in [5.74, 6) is 0. The van der Waals surface area contributed by atoms with Gasteiger partial charge in [0.05, 0.1) is 0 Å². The minimum absolute atomic E-state index is 0. The number of benzene rings is 3. The third-order valence-electron chi connectivity index (χ3n) is 3.94. The van der Waals surface area contributed by atoms with E-state index in [1.165, 1.54) is 32.0 Å². The van der Waals surface area contributed by atoms with Gasteiger partial charge < -0.3 is 5.73 Å². The third kappa shape index (κ3) is 5.41. The van der Waals surface area contributed by atoms with Gasteiger partial charge >= 0.3 is 0 Å².